The van der Waals surface area contributed by atoms with E-state index in [9.17, 15) is 4.79 Å². The summed E-state index contributed by atoms with van der Waals surface area (Å²) >= 11 is 3.37. The van der Waals surface area contributed by atoms with Crippen molar-refractivity contribution >= 4 is 33.3 Å². The molecule has 0 aliphatic rings. The number of carbonyl (C=O) groups is 1. The molecular formula is C16H18BrN3O. The van der Waals surface area contributed by atoms with Crippen molar-refractivity contribution in [2.45, 2.75) is 19.8 Å². The van der Waals surface area contributed by atoms with E-state index in [-0.39, 0.29) is 5.91 Å². The standard InChI is InChI=1S/C16H18BrN3O/c1-2-3-10-18-12-8-9-15(19-11-12)20-16(21)13-6-4-5-7-14(13)17/h4-9,11,18H,2-3,10H2,1H3,(H,19,20,21). The molecule has 0 saturated carbocycles. The molecule has 0 saturated heterocycles. The maximum Gasteiger partial charge on any atom is 0.257 e. The molecule has 0 atom stereocenters. The van der Waals surface area contributed by atoms with Crippen molar-refractivity contribution in [2.75, 3.05) is 17.2 Å². The van der Waals surface area contributed by atoms with Crippen molar-refractivity contribution in [3.63, 3.8) is 0 Å². The molecule has 1 amide bonds. The molecule has 21 heavy (non-hydrogen) atoms. The van der Waals surface area contributed by atoms with Crippen LogP contribution in [0.2, 0.25) is 0 Å². The number of pyridine rings is 1. The van der Waals surface area contributed by atoms with Gasteiger partial charge in [-0.1, -0.05) is 25.5 Å². The summed E-state index contributed by atoms with van der Waals surface area (Å²) in [6.07, 6.45) is 4.01. The third-order valence-corrected chi connectivity index (χ3v) is 3.67. The third-order valence-electron chi connectivity index (χ3n) is 2.98. The van der Waals surface area contributed by atoms with Crippen LogP contribution in [0, 0.1) is 0 Å². The Bertz CT molecular complexity index is 599. The van der Waals surface area contributed by atoms with Gasteiger partial charge in [0.2, 0.25) is 0 Å². The van der Waals surface area contributed by atoms with Crippen LogP contribution in [0.1, 0.15) is 30.1 Å². The van der Waals surface area contributed by atoms with Crippen LogP contribution in [0.3, 0.4) is 0 Å². The molecule has 1 aromatic heterocycles. The van der Waals surface area contributed by atoms with E-state index in [2.05, 4.69) is 38.5 Å². The number of halogens is 1. The van der Waals surface area contributed by atoms with E-state index in [1.165, 1.54) is 0 Å². The second kappa shape index (κ2) is 7.78. The van der Waals surface area contributed by atoms with Crippen molar-refractivity contribution in [3.05, 3.63) is 52.6 Å². The number of carbonyl (C=O) groups excluding carboxylic acids is 1. The maximum absolute atomic E-state index is 12.1. The van der Waals surface area contributed by atoms with Gasteiger partial charge < -0.3 is 10.6 Å². The summed E-state index contributed by atoms with van der Waals surface area (Å²) in [6, 6.07) is 11.0. The first kappa shape index (κ1) is 15.5. The fourth-order valence-electron chi connectivity index (χ4n) is 1.81. The topological polar surface area (TPSA) is 54.0 Å². The van der Waals surface area contributed by atoms with Gasteiger partial charge >= 0.3 is 0 Å². The largest absolute Gasteiger partial charge is 0.384 e. The van der Waals surface area contributed by atoms with Crippen LogP contribution in [-0.4, -0.2) is 17.4 Å². The van der Waals surface area contributed by atoms with E-state index < -0.39 is 0 Å². The van der Waals surface area contributed by atoms with Crippen LogP contribution in [0.5, 0.6) is 0 Å². The zero-order chi connectivity index (χ0) is 15.1. The lowest BCUT2D eigenvalue weighted by Gasteiger charge is -2.08. The first-order chi connectivity index (χ1) is 10.2. The summed E-state index contributed by atoms with van der Waals surface area (Å²) in [7, 11) is 0. The summed E-state index contributed by atoms with van der Waals surface area (Å²) in [4.78, 5) is 16.4. The molecule has 0 spiro atoms. The Morgan fingerprint density at radius 2 is 2.05 bits per heavy atom. The molecular weight excluding hydrogens is 330 g/mol. The molecule has 5 heteroatoms. The van der Waals surface area contributed by atoms with E-state index in [0.29, 0.717) is 11.4 Å². The monoisotopic (exact) mass is 347 g/mol. The van der Waals surface area contributed by atoms with E-state index in [1.54, 1.807) is 18.3 Å². The number of anilines is 2. The predicted molar refractivity (Wildman–Crippen MR) is 89.7 cm³/mol. The lowest BCUT2D eigenvalue weighted by atomic mass is 10.2. The first-order valence-corrected chi connectivity index (χ1v) is 7.76. The maximum atomic E-state index is 12.1. The smallest absolute Gasteiger partial charge is 0.257 e. The van der Waals surface area contributed by atoms with Crippen LogP contribution in [0.4, 0.5) is 11.5 Å². The predicted octanol–water partition coefficient (Wildman–Crippen LogP) is 4.31. The minimum Gasteiger partial charge on any atom is -0.384 e. The minimum atomic E-state index is -0.179. The number of hydrogen-bond acceptors (Lipinski definition) is 3. The Morgan fingerprint density at radius 1 is 1.24 bits per heavy atom. The highest BCUT2D eigenvalue weighted by molar-refractivity contribution is 9.10. The highest BCUT2D eigenvalue weighted by Crippen LogP contribution is 2.17. The Kier molecular flexibility index (Phi) is 5.75. The van der Waals surface area contributed by atoms with Gasteiger partial charge in [0.05, 0.1) is 17.4 Å². The molecule has 0 bridgehead atoms. The SMILES string of the molecule is CCCCNc1ccc(NC(=O)c2ccccc2Br)nc1. The quantitative estimate of drug-likeness (QED) is 0.765. The second-order valence-corrected chi connectivity index (χ2v) is 5.50. The number of hydrogen-bond donors (Lipinski definition) is 2. The summed E-state index contributed by atoms with van der Waals surface area (Å²) < 4.78 is 0.764. The van der Waals surface area contributed by atoms with Crippen molar-refractivity contribution in [2.24, 2.45) is 0 Å². The number of rotatable bonds is 6. The molecule has 0 radical (unpaired) electrons. The second-order valence-electron chi connectivity index (χ2n) is 4.65. The fourth-order valence-corrected chi connectivity index (χ4v) is 2.28. The van der Waals surface area contributed by atoms with E-state index in [1.807, 2.05) is 24.3 Å². The van der Waals surface area contributed by atoms with Gasteiger partial charge in [0.1, 0.15) is 5.82 Å². The Balaban J connectivity index is 1.97. The summed E-state index contributed by atoms with van der Waals surface area (Å²) in [5.74, 6) is 0.360. The fraction of sp³-hybridized carbons (Fsp3) is 0.250. The molecule has 0 aliphatic carbocycles. The summed E-state index contributed by atoms with van der Waals surface area (Å²) in [5.41, 5.74) is 1.55. The van der Waals surface area contributed by atoms with Gasteiger partial charge in [-0.15, -0.1) is 0 Å². The van der Waals surface area contributed by atoms with Crippen LogP contribution < -0.4 is 10.6 Å². The summed E-state index contributed by atoms with van der Waals surface area (Å²) in [6.45, 7) is 3.08. The molecule has 0 aliphatic heterocycles. The Hall–Kier alpha value is -1.88. The van der Waals surface area contributed by atoms with Crippen LogP contribution in [0.15, 0.2) is 47.1 Å². The highest BCUT2D eigenvalue weighted by Gasteiger charge is 2.09. The third kappa shape index (κ3) is 4.56. The minimum absolute atomic E-state index is 0.179. The molecule has 1 heterocycles. The van der Waals surface area contributed by atoms with E-state index in [4.69, 9.17) is 0 Å². The van der Waals surface area contributed by atoms with Gasteiger partial charge in [-0.2, -0.15) is 0 Å². The number of unbranched alkanes of at least 4 members (excludes halogenated alkanes) is 1. The van der Waals surface area contributed by atoms with Crippen LogP contribution >= 0.6 is 15.9 Å². The van der Waals surface area contributed by atoms with Crippen molar-refractivity contribution < 1.29 is 4.79 Å². The lowest BCUT2D eigenvalue weighted by molar-refractivity contribution is 0.102. The van der Waals surface area contributed by atoms with Crippen LogP contribution in [-0.2, 0) is 0 Å². The van der Waals surface area contributed by atoms with Gasteiger partial charge in [-0.25, -0.2) is 4.98 Å². The molecule has 0 fully saturated rings. The first-order valence-electron chi connectivity index (χ1n) is 6.96. The molecule has 1 aromatic carbocycles. The average molecular weight is 348 g/mol. The number of nitrogens with one attached hydrogen (secondary N) is 2. The van der Waals surface area contributed by atoms with Crippen LogP contribution in [0.25, 0.3) is 0 Å². The van der Waals surface area contributed by atoms with Crippen molar-refractivity contribution in [1.82, 2.24) is 4.98 Å². The number of nitrogens with zero attached hydrogens (tertiary/aromatic N) is 1. The number of aromatic nitrogens is 1. The Labute approximate surface area is 133 Å². The van der Waals surface area contributed by atoms with Gasteiger partial charge in [-0.05, 0) is 46.6 Å². The molecule has 4 nitrogen and oxygen atoms in total. The molecule has 110 valence electrons. The zero-order valence-corrected chi connectivity index (χ0v) is 13.5. The normalized spacial score (nSPS) is 10.2. The molecule has 2 aromatic rings. The zero-order valence-electron chi connectivity index (χ0n) is 11.9. The van der Waals surface area contributed by atoms with Gasteiger partial charge in [0.25, 0.3) is 5.91 Å². The van der Waals surface area contributed by atoms with E-state index in [0.717, 1.165) is 29.5 Å². The number of benzene rings is 1. The van der Waals surface area contributed by atoms with Crippen molar-refractivity contribution in [1.29, 1.82) is 0 Å². The molecule has 2 rings (SSSR count). The van der Waals surface area contributed by atoms with Gasteiger partial charge in [0.15, 0.2) is 0 Å². The average Bonchev–Trinajstić information content (AvgIpc) is 2.49. The molecule has 0 unspecified atom stereocenters. The van der Waals surface area contributed by atoms with Crippen molar-refractivity contribution in [3.8, 4) is 0 Å². The van der Waals surface area contributed by atoms with E-state index >= 15 is 0 Å². The van der Waals surface area contributed by atoms with Gasteiger partial charge in [-0.3, -0.25) is 4.79 Å². The molecule has 2 N–H and O–H groups in total. The Morgan fingerprint density at radius 3 is 2.71 bits per heavy atom. The number of amides is 1. The highest BCUT2D eigenvalue weighted by atomic mass is 79.9. The summed E-state index contributed by atoms with van der Waals surface area (Å²) in [5, 5.41) is 6.07. The van der Waals surface area contributed by atoms with Gasteiger partial charge in [0, 0.05) is 11.0 Å². The lowest BCUT2D eigenvalue weighted by Crippen LogP contribution is -2.13.